The van der Waals surface area contributed by atoms with Gasteiger partial charge in [0, 0.05) is 28.5 Å². The summed E-state index contributed by atoms with van der Waals surface area (Å²) in [5.41, 5.74) is 9.19. The van der Waals surface area contributed by atoms with Crippen molar-refractivity contribution in [3.63, 3.8) is 0 Å². The molecule has 2 heterocycles. The molecule has 0 radical (unpaired) electrons. The second-order valence-electron chi connectivity index (χ2n) is 11.7. The van der Waals surface area contributed by atoms with Gasteiger partial charge < -0.3 is 0 Å². The van der Waals surface area contributed by atoms with Crippen LogP contribution in [-0.2, 0) is 0 Å². The zero-order valence-electron chi connectivity index (χ0n) is 24.9. The first kappa shape index (κ1) is 26.2. The molecule has 9 rings (SSSR count). The highest BCUT2D eigenvalue weighted by Crippen LogP contribution is 2.39. The van der Waals surface area contributed by atoms with Gasteiger partial charge in [-0.25, -0.2) is 9.97 Å². The highest BCUT2D eigenvalue weighted by molar-refractivity contribution is 6.25. The fourth-order valence-electron chi connectivity index (χ4n) is 6.64. The summed E-state index contributed by atoms with van der Waals surface area (Å²) in [6.07, 6.45) is 1.82. The minimum atomic E-state index is 0.685. The zero-order chi connectivity index (χ0) is 30.5. The molecule has 0 fully saturated rings. The Morgan fingerprint density at radius 2 is 0.957 bits per heavy atom. The van der Waals surface area contributed by atoms with E-state index in [0.717, 1.165) is 39.3 Å². The third-order valence-corrected chi connectivity index (χ3v) is 8.90. The average Bonchev–Trinajstić information content (AvgIpc) is 3.14. The van der Waals surface area contributed by atoms with E-state index in [2.05, 4.69) is 120 Å². The van der Waals surface area contributed by atoms with E-state index in [4.69, 9.17) is 9.97 Å². The van der Waals surface area contributed by atoms with Gasteiger partial charge in [0.1, 0.15) is 0 Å². The van der Waals surface area contributed by atoms with Crippen molar-refractivity contribution >= 4 is 32.3 Å². The SMILES string of the molecule is c1ccc(-c2cc(-c3ccc(-c4ccc5ccc6cccc7ccc4c5c67)cc3)nc(-c3cccc(-c4ccccn4)c3)n2)cc1. The second kappa shape index (κ2) is 10.8. The van der Waals surface area contributed by atoms with Crippen LogP contribution in [0.2, 0.25) is 0 Å². The number of hydrogen-bond acceptors (Lipinski definition) is 3. The second-order valence-corrected chi connectivity index (χ2v) is 11.7. The van der Waals surface area contributed by atoms with Gasteiger partial charge in [-0.1, -0.05) is 133 Å². The van der Waals surface area contributed by atoms with Crippen molar-refractivity contribution in [2.24, 2.45) is 0 Å². The Morgan fingerprint density at radius 3 is 1.72 bits per heavy atom. The van der Waals surface area contributed by atoms with Gasteiger partial charge in [-0.15, -0.1) is 0 Å². The number of hydrogen-bond donors (Lipinski definition) is 0. The van der Waals surface area contributed by atoms with Gasteiger partial charge in [0.25, 0.3) is 0 Å². The highest BCUT2D eigenvalue weighted by atomic mass is 14.9. The first-order valence-corrected chi connectivity index (χ1v) is 15.5. The van der Waals surface area contributed by atoms with Crippen molar-refractivity contribution < 1.29 is 0 Å². The molecule has 0 amide bonds. The van der Waals surface area contributed by atoms with Crippen molar-refractivity contribution in [3.05, 3.63) is 164 Å². The van der Waals surface area contributed by atoms with Crippen LogP contribution in [0.25, 0.3) is 88.6 Å². The molecule has 0 spiro atoms. The quantitative estimate of drug-likeness (QED) is 0.189. The standard InChI is InChI=1S/C43H27N3/c1-2-8-29(9-3-1)39-27-40(46-43(45-39)35-13-7-12-34(26-35)38-14-4-5-25-44-38)30-17-15-28(16-18-30)36-23-21-33-20-19-31-10-6-11-32-22-24-37(36)42(33)41(31)32/h1-27H. The number of nitrogens with zero attached hydrogens (tertiary/aromatic N) is 3. The van der Waals surface area contributed by atoms with Gasteiger partial charge in [0.15, 0.2) is 5.82 Å². The Balaban J connectivity index is 1.15. The van der Waals surface area contributed by atoms with Crippen LogP contribution in [0.5, 0.6) is 0 Å². The van der Waals surface area contributed by atoms with Crippen LogP contribution in [0.3, 0.4) is 0 Å². The molecule has 9 aromatic rings. The summed E-state index contributed by atoms with van der Waals surface area (Å²) < 4.78 is 0. The number of pyridine rings is 1. The predicted molar refractivity (Wildman–Crippen MR) is 191 cm³/mol. The van der Waals surface area contributed by atoms with Gasteiger partial charge in [-0.3, -0.25) is 4.98 Å². The normalized spacial score (nSPS) is 11.5. The molecule has 0 N–H and O–H groups in total. The summed E-state index contributed by atoms with van der Waals surface area (Å²) in [4.78, 5) is 14.7. The van der Waals surface area contributed by atoms with E-state index in [9.17, 15) is 0 Å². The molecule has 0 aliphatic heterocycles. The molecular weight excluding hydrogens is 558 g/mol. The van der Waals surface area contributed by atoms with Crippen molar-refractivity contribution in [2.75, 3.05) is 0 Å². The minimum absolute atomic E-state index is 0.685. The van der Waals surface area contributed by atoms with Crippen LogP contribution in [0.15, 0.2) is 164 Å². The average molecular weight is 586 g/mol. The first-order chi connectivity index (χ1) is 22.8. The topological polar surface area (TPSA) is 38.7 Å². The van der Waals surface area contributed by atoms with E-state index in [1.54, 1.807) is 0 Å². The molecule has 0 saturated heterocycles. The summed E-state index contributed by atoms with van der Waals surface area (Å²) in [5.74, 6) is 0.685. The number of benzene rings is 7. The lowest BCUT2D eigenvalue weighted by molar-refractivity contribution is 1.18. The molecular formula is C43H27N3. The maximum absolute atomic E-state index is 5.11. The van der Waals surface area contributed by atoms with Crippen LogP contribution in [0.4, 0.5) is 0 Å². The van der Waals surface area contributed by atoms with Gasteiger partial charge in [0.2, 0.25) is 0 Å². The summed E-state index contributed by atoms with van der Waals surface area (Å²) in [6, 6.07) is 55.5. The Labute approximate surface area is 266 Å². The fourth-order valence-corrected chi connectivity index (χ4v) is 6.64. The van der Waals surface area contributed by atoms with Crippen molar-refractivity contribution in [3.8, 4) is 56.3 Å². The van der Waals surface area contributed by atoms with Crippen LogP contribution < -0.4 is 0 Å². The summed E-state index contributed by atoms with van der Waals surface area (Å²) in [6.45, 7) is 0. The molecule has 3 nitrogen and oxygen atoms in total. The van der Waals surface area contributed by atoms with E-state index in [-0.39, 0.29) is 0 Å². The fraction of sp³-hybridized carbons (Fsp3) is 0. The summed E-state index contributed by atoms with van der Waals surface area (Å²) >= 11 is 0. The van der Waals surface area contributed by atoms with Crippen LogP contribution >= 0.6 is 0 Å². The Hall–Kier alpha value is -6.19. The monoisotopic (exact) mass is 585 g/mol. The largest absolute Gasteiger partial charge is 0.256 e. The van der Waals surface area contributed by atoms with Crippen molar-refractivity contribution in [1.29, 1.82) is 0 Å². The smallest absolute Gasteiger partial charge is 0.160 e. The van der Waals surface area contributed by atoms with Gasteiger partial charge in [-0.2, -0.15) is 0 Å². The molecule has 2 aromatic heterocycles. The van der Waals surface area contributed by atoms with E-state index in [1.807, 2.05) is 48.7 Å². The summed E-state index contributed by atoms with van der Waals surface area (Å²) in [5, 5.41) is 7.78. The number of rotatable bonds is 5. The van der Waals surface area contributed by atoms with Crippen molar-refractivity contribution in [2.45, 2.75) is 0 Å². The van der Waals surface area contributed by atoms with E-state index in [1.165, 1.54) is 43.4 Å². The highest BCUT2D eigenvalue weighted by Gasteiger charge is 2.14. The molecule has 3 heteroatoms. The molecule has 46 heavy (non-hydrogen) atoms. The van der Waals surface area contributed by atoms with Crippen LogP contribution in [-0.4, -0.2) is 15.0 Å². The molecule has 214 valence electrons. The molecule has 0 aliphatic rings. The predicted octanol–water partition coefficient (Wildman–Crippen LogP) is 11.1. The molecule has 7 aromatic carbocycles. The first-order valence-electron chi connectivity index (χ1n) is 15.5. The van der Waals surface area contributed by atoms with Crippen molar-refractivity contribution in [1.82, 2.24) is 15.0 Å². The van der Waals surface area contributed by atoms with Gasteiger partial charge >= 0.3 is 0 Å². The molecule has 0 saturated carbocycles. The lowest BCUT2D eigenvalue weighted by Gasteiger charge is -2.14. The van der Waals surface area contributed by atoms with Crippen LogP contribution in [0.1, 0.15) is 0 Å². The lowest BCUT2D eigenvalue weighted by Crippen LogP contribution is -1.96. The molecule has 0 atom stereocenters. The minimum Gasteiger partial charge on any atom is -0.256 e. The number of aromatic nitrogens is 3. The molecule has 0 unspecified atom stereocenters. The van der Waals surface area contributed by atoms with Crippen LogP contribution in [0, 0.1) is 0 Å². The molecule has 0 aliphatic carbocycles. The maximum Gasteiger partial charge on any atom is 0.160 e. The Kier molecular flexibility index (Phi) is 6.14. The third-order valence-electron chi connectivity index (χ3n) is 8.90. The molecule has 0 bridgehead atoms. The van der Waals surface area contributed by atoms with E-state index in [0.29, 0.717) is 5.82 Å². The zero-order valence-corrected chi connectivity index (χ0v) is 24.9. The lowest BCUT2D eigenvalue weighted by atomic mass is 9.89. The van der Waals surface area contributed by atoms with Gasteiger partial charge in [-0.05, 0) is 67.7 Å². The van der Waals surface area contributed by atoms with E-state index >= 15 is 0 Å². The third kappa shape index (κ3) is 4.49. The Morgan fingerprint density at radius 1 is 0.348 bits per heavy atom. The van der Waals surface area contributed by atoms with Gasteiger partial charge in [0.05, 0.1) is 17.1 Å². The van der Waals surface area contributed by atoms with E-state index < -0.39 is 0 Å². The Bertz CT molecular complexity index is 2490. The summed E-state index contributed by atoms with van der Waals surface area (Å²) in [7, 11) is 0. The maximum atomic E-state index is 5.11.